The van der Waals surface area contributed by atoms with Crippen LogP contribution in [0.1, 0.15) is 188 Å². The van der Waals surface area contributed by atoms with Gasteiger partial charge in [0.05, 0.1) is 0 Å². The van der Waals surface area contributed by atoms with Crippen molar-refractivity contribution >= 4 is 20.7 Å². The van der Waals surface area contributed by atoms with E-state index in [2.05, 4.69) is 13.8 Å². The minimum Gasteiger partial charge on any atom is -0.515 e. The number of allylic oxidation sites excluding steroid dienone is 2. The van der Waals surface area contributed by atoms with Gasteiger partial charge >= 0.3 is 46.5 Å². The van der Waals surface area contributed by atoms with Crippen molar-refractivity contribution in [3.63, 3.8) is 0 Å². The summed E-state index contributed by atoms with van der Waals surface area (Å²) in [6.45, 7) is 17.7. The third-order valence-corrected chi connectivity index (χ3v) is 15.1. The summed E-state index contributed by atoms with van der Waals surface area (Å²) in [5.74, 6) is 6.32. The monoisotopic (exact) mass is 710 g/mol. The largest absolute Gasteiger partial charge is 0.515 e. The second kappa shape index (κ2) is 24.9. The minimum absolute atomic E-state index is 1.02. The van der Waals surface area contributed by atoms with Crippen LogP contribution in [-0.4, -0.2) is 3.71 Å². The molecule has 0 radical (unpaired) electrons. The van der Waals surface area contributed by atoms with Gasteiger partial charge in [0, 0.05) is 0 Å². The van der Waals surface area contributed by atoms with E-state index in [1.54, 1.807) is 0 Å². The van der Waals surface area contributed by atoms with Crippen molar-refractivity contribution in [3.8, 4) is 0 Å². The van der Waals surface area contributed by atoms with Crippen molar-refractivity contribution in [1.82, 2.24) is 0 Å². The van der Waals surface area contributed by atoms with Crippen LogP contribution in [0.3, 0.4) is 0 Å². The van der Waals surface area contributed by atoms with Crippen molar-refractivity contribution < 1.29 is 18.9 Å². The Morgan fingerprint density at radius 1 is 0.558 bits per heavy atom. The van der Waals surface area contributed by atoms with Crippen LogP contribution in [0.5, 0.6) is 0 Å². The van der Waals surface area contributed by atoms with Gasteiger partial charge in [-0.2, -0.15) is 0 Å². The molecule has 0 N–H and O–H groups in total. The fraction of sp³-hybridized carbons (Fsp3) is 0.875. The van der Waals surface area contributed by atoms with Gasteiger partial charge in [0.2, 0.25) is 0 Å². The number of rotatable bonds is 8. The molecule has 43 heavy (non-hydrogen) atoms. The van der Waals surface area contributed by atoms with Crippen LogP contribution in [0.15, 0.2) is 11.1 Å². The summed E-state index contributed by atoms with van der Waals surface area (Å²) in [6, 6.07) is 0. The standard InChI is InChI=1S/2C19H33.C2H4.2ClH.Zr/c2*1-16(2)10-8-13-17-11-6-4-3-5-7-12-18-14-9-15-19(17)18;1-2;;;/h2*1,17-19H,3-15H2,2H3;1H,2H3;2*1H;/q2*-1;;;;+2/p-2. The minimum atomic E-state index is -1.76. The van der Waals surface area contributed by atoms with Crippen LogP contribution in [0.25, 0.3) is 0 Å². The van der Waals surface area contributed by atoms with Gasteiger partial charge < -0.3 is 13.2 Å². The fourth-order valence-corrected chi connectivity index (χ4v) is 9.21. The first-order chi connectivity index (χ1) is 20.8. The summed E-state index contributed by atoms with van der Waals surface area (Å²) in [5.41, 5.74) is 2.26. The van der Waals surface area contributed by atoms with Gasteiger partial charge in [-0.25, -0.2) is 0 Å². The molecule has 4 rings (SSSR count). The maximum atomic E-state index is 5.83. The number of fused-ring (bicyclic) bond motifs is 2. The molecule has 0 aliphatic heterocycles. The fourth-order valence-electron chi connectivity index (χ4n) is 9.21. The molecule has 4 saturated carbocycles. The van der Waals surface area contributed by atoms with Crippen LogP contribution < -0.4 is 0 Å². The zero-order chi connectivity index (χ0) is 31.3. The third kappa shape index (κ3) is 18.1. The van der Waals surface area contributed by atoms with E-state index in [4.69, 9.17) is 30.2 Å². The molecule has 0 amide bonds. The molecule has 250 valence electrons. The Hall–Kier alpha value is 0.813. The molecular weight excluding hydrogens is 643 g/mol. The molecule has 4 fully saturated rings. The third-order valence-electron chi connectivity index (χ3n) is 11.5. The molecule has 6 atom stereocenters. The Morgan fingerprint density at radius 2 is 0.884 bits per heavy atom. The number of hydrogen-bond acceptors (Lipinski definition) is 0. The maximum Gasteiger partial charge on any atom is -0.0357 e. The van der Waals surface area contributed by atoms with Crippen LogP contribution in [0, 0.1) is 48.7 Å². The van der Waals surface area contributed by atoms with E-state index in [1.165, 1.54) is 154 Å². The van der Waals surface area contributed by atoms with Gasteiger partial charge in [-0.1, -0.05) is 155 Å². The summed E-state index contributed by atoms with van der Waals surface area (Å²) in [4.78, 5) is 0. The Bertz CT molecular complexity index is 712. The Balaban J connectivity index is 0.000000260. The van der Waals surface area contributed by atoms with Crippen molar-refractivity contribution in [2.45, 2.75) is 188 Å². The van der Waals surface area contributed by atoms with E-state index in [0.29, 0.717) is 0 Å². The van der Waals surface area contributed by atoms with E-state index in [1.807, 2.05) is 10.6 Å². The van der Waals surface area contributed by atoms with Gasteiger partial charge in [-0.05, 0) is 61.2 Å². The molecule has 0 bridgehead atoms. The Kier molecular flexibility index (Phi) is 23.2. The molecule has 3 heteroatoms. The molecule has 0 aromatic carbocycles. The number of halogens is 2. The van der Waals surface area contributed by atoms with Gasteiger partial charge in [0.15, 0.2) is 0 Å². The number of hydrogen-bond donors (Lipinski definition) is 0. The first-order valence-electron chi connectivity index (χ1n) is 18.9. The maximum absolute atomic E-state index is 5.83. The average Bonchev–Trinajstić information content (AvgIpc) is 3.65. The smallest absolute Gasteiger partial charge is 0.0357 e. The summed E-state index contributed by atoms with van der Waals surface area (Å²) >= 11 is -1.76. The normalized spacial score (nSPS) is 29.8. The molecular formula is C40H70Cl2Zr-2. The summed E-state index contributed by atoms with van der Waals surface area (Å²) < 4.78 is 1.89. The van der Waals surface area contributed by atoms with Crippen molar-refractivity contribution in [2.24, 2.45) is 35.5 Å². The van der Waals surface area contributed by atoms with Gasteiger partial charge in [-0.15, -0.1) is 0 Å². The predicted octanol–water partition coefficient (Wildman–Crippen LogP) is 14.4. The van der Waals surface area contributed by atoms with E-state index in [-0.39, 0.29) is 0 Å². The Morgan fingerprint density at radius 3 is 1.23 bits per heavy atom. The van der Waals surface area contributed by atoms with Gasteiger partial charge in [0.25, 0.3) is 0 Å². The van der Waals surface area contributed by atoms with Crippen LogP contribution in [0.4, 0.5) is 0 Å². The van der Waals surface area contributed by atoms with Crippen LogP contribution in [-0.2, 0) is 18.9 Å². The summed E-state index contributed by atoms with van der Waals surface area (Å²) in [5, 5.41) is 0. The predicted molar refractivity (Wildman–Crippen MR) is 191 cm³/mol. The molecule has 0 saturated heterocycles. The first kappa shape index (κ1) is 40.0. The average molecular weight is 713 g/mol. The van der Waals surface area contributed by atoms with Crippen molar-refractivity contribution in [1.29, 1.82) is 0 Å². The second-order valence-corrected chi connectivity index (χ2v) is 23.8. The van der Waals surface area contributed by atoms with E-state index >= 15 is 0 Å². The van der Waals surface area contributed by atoms with E-state index in [9.17, 15) is 0 Å². The second-order valence-electron chi connectivity index (χ2n) is 15.0. The van der Waals surface area contributed by atoms with Gasteiger partial charge in [0.1, 0.15) is 0 Å². The van der Waals surface area contributed by atoms with Crippen LogP contribution in [0.2, 0.25) is 0 Å². The first-order valence-corrected chi connectivity index (χ1v) is 26.7. The summed E-state index contributed by atoms with van der Waals surface area (Å²) in [6.07, 6.45) is 37.9. The SMILES string of the molecule is C[CH]=[Zr]([Cl])[Cl].[CH-]=C(C)CCCC1CCCCCCCC2CCCC12.[CH-]=C(C)CCCC1CCCCCCCC2CCCC12. The zero-order valence-electron chi connectivity index (χ0n) is 28.8. The molecule has 4 aliphatic carbocycles. The molecule has 6 unspecified atom stereocenters. The zero-order valence-corrected chi connectivity index (χ0v) is 32.8. The molecule has 0 aromatic heterocycles. The summed E-state index contributed by atoms with van der Waals surface area (Å²) in [7, 11) is 10.7. The van der Waals surface area contributed by atoms with Crippen molar-refractivity contribution in [2.75, 3.05) is 0 Å². The molecule has 0 aromatic rings. The molecule has 0 spiro atoms. The molecule has 0 nitrogen and oxygen atoms in total. The topological polar surface area (TPSA) is 0 Å². The van der Waals surface area contributed by atoms with E-state index in [0.717, 1.165) is 59.5 Å². The quantitative estimate of drug-likeness (QED) is 0.220. The Labute approximate surface area is 285 Å². The van der Waals surface area contributed by atoms with E-state index < -0.39 is 18.9 Å². The van der Waals surface area contributed by atoms with Gasteiger partial charge in [-0.3, -0.25) is 11.1 Å². The van der Waals surface area contributed by atoms with Crippen molar-refractivity contribution in [3.05, 3.63) is 24.3 Å². The molecule has 0 heterocycles. The van der Waals surface area contributed by atoms with Crippen LogP contribution >= 0.6 is 17.0 Å². The molecule has 4 aliphatic rings.